The molecule has 2 rings (SSSR count). The van der Waals surface area contributed by atoms with Crippen LogP contribution in [0.2, 0.25) is 0 Å². The molecule has 0 saturated heterocycles. The summed E-state index contributed by atoms with van der Waals surface area (Å²) >= 11 is 0. The largest absolute Gasteiger partial charge is 0.343 e. The maximum absolute atomic E-state index is 13.0. The first-order valence-corrected chi connectivity index (χ1v) is 11.5. The standard InChI is InChI=1S/C25H36N6O3/c1-18-7-10-20(11-8-18)29-25(34)22(12-9-19-5-3-2-4-6-19)30-24(33)21(28)17-23(32)31(15-13-26)16-14-27/h2-8,10-11,21-22H,9,12-17,26-28H2,1H3,(H,29,34)(H,30,33). The molecule has 0 saturated carbocycles. The number of aryl methyl sites for hydroxylation is 2. The monoisotopic (exact) mass is 468 g/mol. The summed E-state index contributed by atoms with van der Waals surface area (Å²) in [6.45, 7) is 3.20. The summed E-state index contributed by atoms with van der Waals surface area (Å²) in [4.78, 5) is 39.8. The molecule has 34 heavy (non-hydrogen) atoms. The zero-order valence-electron chi connectivity index (χ0n) is 19.7. The van der Waals surface area contributed by atoms with Crippen LogP contribution in [-0.2, 0) is 20.8 Å². The number of benzene rings is 2. The van der Waals surface area contributed by atoms with Crippen LogP contribution in [0.5, 0.6) is 0 Å². The number of hydrogen-bond acceptors (Lipinski definition) is 6. The average molecular weight is 469 g/mol. The van der Waals surface area contributed by atoms with Crippen LogP contribution >= 0.6 is 0 Å². The average Bonchev–Trinajstić information content (AvgIpc) is 2.83. The van der Waals surface area contributed by atoms with E-state index in [-0.39, 0.29) is 31.3 Å². The highest BCUT2D eigenvalue weighted by Gasteiger charge is 2.26. The Labute approximate surface area is 201 Å². The molecule has 2 aromatic carbocycles. The van der Waals surface area contributed by atoms with E-state index in [1.165, 1.54) is 4.90 Å². The molecule has 0 aliphatic carbocycles. The summed E-state index contributed by atoms with van der Waals surface area (Å²) in [7, 11) is 0. The smallest absolute Gasteiger partial charge is 0.246 e. The van der Waals surface area contributed by atoms with E-state index >= 15 is 0 Å². The Morgan fingerprint density at radius 1 is 0.912 bits per heavy atom. The van der Waals surface area contributed by atoms with Gasteiger partial charge in [-0.05, 0) is 37.5 Å². The van der Waals surface area contributed by atoms with Crippen LogP contribution < -0.4 is 27.8 Å². The Morgan fingerprint density at radius 2 is 1.53 bits per heavy atom. The van der Waals surface area contributed by atoms with E-state index in [1.54, 1.807) is 12.1 Å². The Bertz CT molecular complexity index is 914. The molecule has 9 heteroatoms. The molecule has 0 aliphatic heterocycles. The summed E-state index contributed by atoms with van der Waals surface area (Å²) < 4.78 is 0. The third kappa shape index (κ3) is 8.93. The third-order valence-corrected chi connectivity index (χ3v) is 5.40. The molecule has 0 bridgehead atoms. The van der Waals surface area contributed by atoms with Gasteiger partial charge in [-0.15, -0.1) is 0 Å². The van der Waals surface area contributed by atoms with Crippen molar-refractivity contribution in [1.29, 1.82) is 0 Å². The second-order valence-corrected chi connectivity index (χ2v) is 8.21. The van der Waals surface area contributed by atoms with Gasteiger partial charge in [0.1, 0.15) is 6.04 Å². The first-order chi connectivity index (χ1) is 16.3. The number of carbonyl (C=O) groups excluding carboxylic acids is 3. The van der Waals surface area contributed by atoms with Gasteiger partial charge < -0.3 is 32.7 Å². The summed E-state index contributed by atoms with van der Waals surface area (Å²) in [6.07, 6.45) is 0.763. The van der Waals surface area contributed by atoms with Crippen molar-refractivity contribution in [2.45, 2.75) is 38.3 Å². The van der Waals surface area contributed by atoms with Gasteiger partial charge in [0.2, 0.25) is 17.7 Å². The minimum absolute atomic E-state index is 0.198. The van der Waals surface area contributed by atoms with Crippen molar-refractivity contribution in [3.63, 3.8) is 0 Å². The Balaban J connectivity index is 2.05. The molecule has 0 fully saturated rings. The number of nitrogens with one attached hydrogen (secondary N) is 2. The molecule has 184 valence electrons. The summed E-state index contributed by atoms with van der Waals surface area (Å²) in [6, 6.07) is 15.2. The van der Waals surface area contributed by atoms with Crippen molar-refractivity contribution in [1.82, 2.24) is 10.2 Å². The Morgan fingerprint density at radius 3 is 2.12 bits per heavy atom. The van der Waals surface area contributed by atoms with Gasteiger partial charge in [-0.1, -0.05) is 48.0 Å². The minimum Gasteiger partial charge on any atom is -0.343 e. The van der Waals surface area contributed by atoms with Crippen LogP contribution in [-0.4, -0.2) is 60.9 Å². The van der Waals surface area contributed by atoms with Crippen LogP contribution in [0.25, 0.3) is 0 Å². The van der Waals surface area contributed by atoms with Crippen molar-refractivity contribution in [2.24, 2.45) is 17.2 Å². The highest BCUT2D eigenvalue weighted by Crippen LogP contribution is 2.12. The number of nitrogens with two attached hydrogens (primary N) is 3. The zero-order valence-corrected chi connectivity index (χ0v) is 19.7. The van der Waals surface area contributed by atoms with Gasteiger partial charge in [0.05, 0.1) is 12.5 Å². The first kappa shape index (κ1) is 27.0. The molecule has 9 nitrogen and oxygen atoms in total. The minimum atomic E-state index is -1.10. The van der Waals surface area contributed by atoms with E-state index in [4.69, 9.17) is 17.2 Å². The lowest BCUT2D eigenvalue weighted by atomic mass is 10.0. The predicted molar refractivity (Wildman–Crippen MR) is 134 cm³/mol. The topological polar surface area (TPSA) is 157 Å². The fourth-order valence-electron chi connectivity index (χ4n) is 3.45. The van der Waals surface area contributed by atoms with E-state index in [0.717, 1.165) is 11.1 Å². The van der Waals surface area contributed by atoms with E-state index in [2.05, 4.69) is 10.6 Å². The first-order valence-electron chi connectivity index (χ1n) is 11.5. The van der Waals surface area contributed by atoms with Crippen LogP contribution in [0.1, 0.15) is 24.0 Å². The van der Waals surface area contributed by atoms with Gasteiger partial charge >= 0.3 is 0 Å². The fourth-order valence-corrected chi connectivity index (χ4v) is 3.45. The molecule has 2 atom stereocenters. The molecule has 0 aliphatic rings. The predicted octanol–water partition coefficient (Wildman–Crippen LogP) is 0.515. The van der Waals surface area contributed by atoms with Gasteiger partial charge in [0.15, 0.2) is 0 Å². The number of carbonyl (C=O) groups is 3. The van der Waals surface area contributed by atoms with E-state index in [0.29, 0.717) is 31.6 Å². The SMILES string of the molecule is Cc1ccc(NC(=O)C(CCc2ccccc2)NC(=O)C(N)CC(=O)N(CCN)CCN)cc1. The quantitative estimate of drug-likeness (QED) is 0.288. The van der Waals surface area contributed by atoms with E-state index in [1.807, 2.05) is 49.4 Å². The molecule has 3 amide bonds. The number of nitrogens with zero attached hydrogens (tertiary/aromatic N) is 1. The lowest BCUT2D eigenvalue weighted by molar-refractivity contribution is -0.134. The molecular formula is C25H36N6O3. The Hall–Kier alpha value is -3.27. The molecule has 0 spiro atoms. The third-order valence-electron chi connectivity index (χ3n) is 5.40. The highest BCUT2D eigenvalue weighted by atomic mass is 16.2. The van der Waals surface area contributed by atoms with Gasteiger partial charge in [0.25, 0.3) is 0 Å². The van der Waals surface area contributed by atoms with Crippen LogP contribution in [0.15, 0.2) is 54.6 Å². The van der Waals surface area contributed by atoms with Gasteiger partial charge in [-0.2, -0.15) is 0 Å². The van der Waals surface area contributed by atoms with Crippen molar-refractivity contribution >= 4 is 23.4 Å². The molecule has 0 heterocycles. The maximum atomic E-state index is 13.0. The molecule has 2 aromatic rings. The fraction of sp³-hybridized carbons (Fsp3) is 0.400. The van der Waals surface area contributed by atoms with E-state index < -0.39 is 18.0 Å². The summed E-state index contributed by atoms with van der Waals surface area (Å²) in [5.74, 6) is -1.21. The lowest BCUT2D eigenvalue weighted by Gasteiger charge is -2.24. The van der Waals surface area contributed by atoms with Gasteiger partial charge in [-0.3, -0.25) is 14.4 Å². The van der Waals surface area contributed by atoms with Gasteiger partial charge in [-0.25, -0.2) is 0 Å². The summed E-state index contributed by atoms with van der Waals surface area (Å²) in [5.41, 5.74) is 19.9. The molecule has 2 unspecified atom stereocenters. The van der Waals surface area contributed by atoms with Crippen LogP contribution in [0.4, 0.5) is 5.69 Å². The lowest BCUT2D eigenvalue weighted by Crippen LogP contribution is -2.52. The summed E-state index contributed by atoms with van der Waals surface area (Å²) in [5, 5.41) is 5.58. The normalized spacial score (nSPS) is 12.5. The van der Waals surface area contributed by atoms with Crippen LogP contribution in [0, 0.1) is 6.92 Å². The Kier molecular flexibility index (Phi) is 11.2. The number of anilines is 1. The van der Waals surface area contributed by atoms with E-state index in [9.17, 15) is 14.4 Å². The second-order valence-electron chi connectivity index (χ2n) is 8.21. The van der Waals surface area contributed by atoms with Crippen LogP contribution in [0.3, 0.4) is 0 Å². The maximum Gasteiger partial charge on any atom is 0.246 e. The van der Waals surface area contributed by atoms with Crippen molar-refractivity contribution in [3.05, 3.63) is 65.7 Å². The molecule has 8 N–H and O–H groups in total. The van der Waals surface area contributed by atoms with Crippen molar-refractivity contribution in [3.8, 4) is 0 Å². The number of rotatable bonds is 13. The number of amides is 3. The van der Waals surface area contributed by atoms with Crippen molar-refractivity contribution in [2.75, 3.05) is 31.5 Å². The molecular weight excluding hydrogens is 432 g/mol. The molecule has 0 radical (unpaired) electrons. The highest BCUT2D eigenvalue weighted by molar-refractivity contribution is 5.98. The van der Waals surface area contributed by atoms with Gasteiger partial charge in [0, 0.05) is 31.9 Å². The van der Waals surface area contributed by atoms with Crippen molar-refractivity contribution < 1.29 is 14.4 Å². The number of hydrogen-bond donors (Lipinski definition) is 5. The molecule has 0 aromatic heterocycles. The zero-order chi connectivity index (χ0) is 24.9. The second kappa shape index (κ2) is 14.1.